The number of rotatable bonds is 3. The quantitative estimate of drug-likeness (QED) is 0.685. The number of methoxy groups -OCH3 is 1. The molecule has 1 N–H and O–H groups in total. The number of amides is 1. The second-order valence-electron chi connectivity index (χ2n) is 4.22. The van der Waals surface area contributed by atoms with Gasteiger partial charge in [-0.3, -0.25) is 4.79 Å². The molecule has 0 saturated heterocycles. The van der Waals surface area contributed by atoms with Crippen molar-refractivity contribution in [3.63, 3.8) is 0 Å². The van der Waals surface area contributed by atoms with Crippen LogP contribution in [0.5, 0.6) is 0 Å². The van der Waals surface area contributed by atoms with E-state index in [-0.39, 0.29) is 6.04 Å². The molecule has 0 spiro atoms. The average molecular weight is 269 g/mol. The summed E-state index contributed by atoms with van der Waals surface area (Å²) >= 11 is 0. The van der Waals surface area contributed by atoms with E-state index in [0.717, 1.165) is 11.1 Å². The van der Waals surface area contributed by atoms with Crippen molar-refractivity contribution in [3.8, 4) is 0 Å². The Morgan fingerprint density at radius 1 is 0.900 bits per heavy atom. The summed E-state index contributed by atoms with van der Waals surface area (Å²) in [5.41, 5.74) is 1.80. The van der Waals surface area contributed by atoms with Crippen LogP contribution in [-0.2, 0) is 14.3 Å². The Balaban J connectivity index is 2.31. The third kappa shape index (κ3) is 3.23. The Morgan fingerprint density at radius 3 is 1.75 bits per heavy atom. The number of benzene rings is 2. The van der Waals surface area contributed by atoms with Crippen LogP contribution >= 0.6 is 0 Å². The van der Waals surface area contributed by atoms with E-state index in [1.807, 2.05) is 60.7 Å². The first-order valence-corrected chi connectivity index (χ1v) is 6.21. The van der Waals surface area contributed by atoms with Crippen molar-refractivity contribution in [2.24, 2.45) is 0 Å². The molecule has 0 bridgehead atoms. The molecule has 0 fully saturated rings. The Bertz CT molecular complexity index is 542. The van der Waals surface area contributed by atoms with E-state index in [4.69, 9.17) is 0 Å². The predicted molar refractivity (Wildman–Crippen MR) is 74.9 cm³/mol. The van der Waals surface area contributed by atoms with Gasteiger partial charge in [-0.15, -0.1) is 0 Å². The molecule has 102 valence electrons. The van der Waals surface area contributed by atoms with Gasteiger partial charge in [-0.2, -0.15) is 0 Å². The van der Waals surface area contributed by atoms with Gasteiger partial charge < -0.3 is 10.1 Å². The lowest BCUT2D eigenvalue weighted by Crippen LogP contribution is -2.35. The summed E-state index contributed by atoms with van der Waals surface area (Å²) in [5, 5.41) is 2.69. The van der Waals surface area contributed by atoms with Gasteiger partial charge in [-0.1, -0.05) is 60.7 Å². The lowest BCUT2D eigenvalue weighted by Gasteiger charge is -2.19. The van der Waals surface area contributed by atoms with Gasteiger partial charge in [-0.25, -0.2) is 4.79 Å². The molecule has 20 heavy (non-hydrogen) atoms. The first-order chi connectivity index (χ1) is 9.72. The van der Waals surface area contributed by atoms with Crippen molar-refractivity contribution < 1.29 is 14.3 Å². The van der Waals surface area contributed by atoms with E-state index in [0.29, 0.717) is 0 Å². The van der Waals surface area contributed by atoms with E-state index in [2.05, 4.69) is 10.1 Å². The number of carbonyl (C=O) groups excluding carboxylic acids is 2. The number of ether oxygens (including phenoxy) is 1. The molecule has 0 unspecified atom stereocenters. The second kappa shape index (κ2) is 6.52. The van der Waals surface area contributed by atoms with E-state index < -0.39 is 11.9 Å². The maximum atomic E-state index is 11.7. The zero-order valence-electron chi connectivity index (χ0n) is 11.1. The Labute approximate surface area is 117 Å². The van der Waals surface area contributed by atoms with Crippen molar-refractivity contribution in [2.75, 3.05) is 7.11 Å². The highest BCUT2D eigenvalue weighted by Gasteiger charge is 2.21. The minimum absolute atomic E-state index is 0.385. The molecule has 2 aromatic rings. The maximum absolute atomic E-state index is 11.7. The number of hydrogen-bond acceptors (Lipinski definition) is 3. The van der Waals surface area contributed by atoms with Crippen LogP contribution < -0.4 is 5.32 Å². The number of nitrogens with one attached hydrogen (secondary N) is 1. The van der Waals surface area contributed by atoms with Crippen molar-refractivity contribution in [2.45, 2.75) is 6.04 Å². The molecule has 2 rings (SSSR count). The van der Waals surface area contributed by atoms with E-state index >= 15 is 0 Å². The first-order valence-electron chi connectivity index (χ1n) is 6.21. The molecule has 0 saturated carbocycles. The molecule has 0 aliphatic rings. The molecule has 0 radical (unpaired) electrons. The average Bonchev–Trinajstić information content (AvgIpc) is 2.53. The van der Waals surface area contributed by atoms with Crippen LogP contribution in [0, 0.1) is 0 Å². The summed E-state index contributed by atoms with van der Waals surface area (Å²) in [4.78, 5) is 23.0. The van der Waals surface area contributed by atoms with Crippen LogP contribution in [0.4, 0.5) is 0 Å². The van der Waals surface area contributed by atoms with Crippen molar-refractivity contribution in [1.82, 2.24) is 5.32 Å². The van der Waals surface area contributed by atoms with Gasteiger partial charge in [0.1, 0.15) is 0 Å². The highest BCUT2D eigenvalue weighted by molar-refractivity contribution is 6.32. The minimum atomic E-state index is -0.901. The molecule has 4 nitrogen and oxygen atoms in total. The summed E-state index contributed by atoms with van der Waals surface area (Å²) in [6, 6.07) is 18.5. The number of carbonyl (C=O) groups is 2. The van der Waals surface area contributed by atoms with Crippen LogP contribution in [0.1, 0.15) is 17.2 Å². The lowest BCUT2D eigenvalue weighted by atomic mass is 9.99. The fraction of sp³-hybridized carbons (Fsp3) is 0.125. The van der Waals surface area contributed by atoms with Crippen LogP contribution in [0.25, 0.3) is 0 Å². The van der Waals surface area contributed by atoms with Gasteiger partial charge in [-0.05, 0) is 11.1 Å². The standard InChI is InChI=1S/C16H15NO3/c1-20-16(19)15(18)17-14(12-8-4-2-5-9-12)13-10-6-3-7-11-13/h2-11,14H,1H3,(H,17,18). The lowest BCUT2D eigenvalue weighted by molar-refractivity contribution is -0.152. The fourth-order valence-corrected chi connectivity index (χ4v) is 1.93. The molecule has 0 aliphatic carbocycles. The van der Waals surface area contributed by atoms with Crippen LogP contribution in [0.3, 0.4) is 0 Å². The molecule has 0 aliphatic heterocycles. The minimum Gasteiger partial charge on any atom is -0.462 e. The topological polar surface area (TPSA) is 55.4 Å². The molecule has 2 aromatic carbocycles. The van der Waals surface area contributed by atoms with E-state index in [1.54, 1.807) is 0 Å². The SMILES string of the molecule is COC(=O)C(=O)NC(c1ccccc1)c1ccccc1. The molecular weight excluding hydrogens is 254 g/mol. The van der Waals surface area contributed by atoms with Crippen LogP contribution in [0.2, 0.25) is 0 Å². The van der Waals surface area contributed by atoms with Gasteiger partial charge in [0.15, 0.2) is 0 Å². The molecule has 1 amide bonds. The Kier molecular flexibility index (Phi) is 4.50. The largest absolute Gasteiger partial charge is 0.462 e. The van der Waals surface area contributed by atoms with E-state index in [9.17, 15) is 9.59 Å². The fourth-order valence-electron chi connectivity index (χ4n) is 1.93. The van der Waals surface area contributed by atoms with Crippen molar-refractivity contribution in [1.29, 1.82) is 0 Å². The summed E-state index contributed by atoms with van der Waals surface area (Å²) in [5.74, 6) is -1.66. The molecule has 0 atom stereocenters. The monoisotopic (exact) mass is 269 g/mol. The summed E-state index contributed by atoms with van der Waals surface area (Å²) in [7, 11) is 1.18. The first kappa shape index (κ1) is 13.8. The smallest absolute Gasteiger partial charge is 0.396 e. The van der Waals surface area contributed by atoms with Gasteiger partial charge in [0.2, 0.25) is 0 Å². The summed E-state index contributed by atoms with van der Waals surface area (Å²) < 4.78 is 4.43. The van der Waals surface area contributed by atoms with Crippen LogP contribution in [-0.4, -0.2) is 19.0 Å². The summed E-state index contributed by atoms with van der Waals surface area (Å²) in [6.45, 7) is 0. The molecule has 0 heterocycles. The number of hydrogen-bond donors (Lipinski definition) is 1. The zero-order valence-corrected chi connectivity index (χ0v) is 11.1. The van der Waals surface area contributed by atoms with Crippen molar-refractivity contribution >= 4 is 11.9 Å². The highest BCUT2D eigenvalue weighted by Crippen LogP contribution is 2.21. The van der Waals surface area contributed by atoms with Crippen LogP contribution in [0.15, 0.2) is 60.7 Å². The highest BCUT2D eigenvalue weighted by atomic mass is 16.5. The third-order valence-corrected chi connectivity index (χ3v) is 2.91. The van der Waals surface area contributed by atoms with Gasteiger partial charge in [0.05, 0.1) is 13.2 Å². The zero-order chi connectivity index (χ0) is 14.4. The van der Waals surface area contributed by atoms with Gasteiger partial charge in [0.25, 0.3) is 0 Å². The van der Waals surface area contributed by atoms with E-state index in [1.165, 1.54) is 7.11 Å². The third-order valence-electron chi connectivity index (χ3n) is 2.91. The number of esters is 1. The van der Waals surface area contributed by atoms with Crippen molar-refractivity contribution in [3.05, 3.63) is 71.8 Å². The molecule has 0 aromatic heterocycles. The Hall–Kier alpha value is -2.62. The van der Waals surface area contributed by atoms with Gasteiger partial charge in [0, 0.05) is 0 Å². The molecule has 4 heteroatoms. The molecular formula is C16H15NO3. The maximum Gasteiger partial charge on any atom is 0.396 e. The van der Waals surface area contributed by atoms with Gasteiger partial charge >= 0.3 is 11.9 Å². The normalized spacial score (nSPS) is 10.1. The Morgan fingerprint density at radius 2 is 1.35 bits per heavy atom. The second-order valence-corrected chi connectivity index (χ2v) is 4.22. The predicted octanol–water partition coefficient (Wildman–Crippen LogP) is 2.07. The summed E-state index contributed by atoms with van der Waals surface area (Å²) in [6.07, 6.45) is 0.